The first-order valence-corrected chi connectivity index (χ1v) is 4.46. The number of hydrogen-bond acceptors (Lipinski definition) is 4. The predicted octanol–water partition coefficient (Wildman–Crippen LogP) is 1.06. The minimum atomic E-state index is -0.523. The molecule has 1 aromatic carbocycles. The van der Waals surface area contributed by atoms with Gasteiger partial charge in [0.25, 0.3) is 0 Å². The fourth-order valence-corrected chi connectivity index (χ4v) is 1.11. The number of para-hydroxylation sites is 1. The van der Waals surface area contributed by atoms with Gasteiger partial charge in [0.1, 0.15) is 5.75 Å². The Labute approximate surface area is 88.3 Å². The van der Waals surface area contributed by atoms with Crippen molar-refractivity contribution in [1.82, 2.24) is 10.9 Å². The third kappa shape index (κ3) is 3.47. The zero-order chi connectivity index (χ0) is 11.1. The number of ether oxygens (including phenoxy) is 2. The van der Waals surface area contributed by atoms with Gasteiger partial charge in [0.15, 0.2) is 0 Å². The molecule has 5 nitrogen and oxygen atoms in total. The van der Waals surface area contributed by atoms with Crippen LogP contribution in [0, 0.1) is 0 Å². The topological polar surface area (TPSA) is 59.6 Å². The Morgan fingerprint density at radius 2 is 2.07 bits per heavy atom. The van der Waals surface area contributed by atoms with Crippen molar-refractivity contribution in [1.29, 1.82) is 0 Å². The van der Waals surface area contributed by atoms with Gasteiger partial charge in [-0.05, 0) is 6.07 Å². The first-order valence-electron chi connectivity index (χ1n) is 4.46. The van der Waals surface area contributed by atoms with Crippen LogP contribution < -0.4 is 15.6 Å². The van der Waals surface area contributed by atoms with Crippen molar-refractivity contribution in [2.75, 3.05) is 14.2 Å². The third-order valence-electron chi connectivity index (χ3n) is 1.85. The average molecular weight is 210 g/mol. The molecule has 0 fully saturated rings. The van der Waals surface area contributed by atoms with Gasteiger partial charge in [-0.1, -0.05) is 18.2 Å². The van der Waals surface area contributed by atoms with Crippen molar-refractivity contribution in [3.05, 3.63) is 29.8 Å². The number of nitrogens with one attached hydrogen (secondary N) is 2. The third-order valence-corrected chi connectivity index (χ3v) is 1.85. The van der Waals surface area contributed by atoms with E-state index in [4.69, 9.17) is 4.74 Å². The molecule has 0 aliphatic carbocycles. The van der Waals surface area contributed by atoms with Gasteiger partial charge in [0.05, 0.1) is 14.2 Å². The van der Waals surface area contributed by atoms with Crippen LogP contribution >= 0.6 is 0 Å². The quantitative estimate of drug-likeness (QED) is 0.729. The first-order chi connectivity index (χ1) is 7.27. The van der Waals surface area contributed by atoms with Gasteiger partial charge in [-0.15, -0.1) is 0 Å². The van der Waals surface area contributed by atoms with Crippen molar-refractivity contribution in [3.8, 4) is 5.75 Å². The lowest BCUT2D eigenvalue weighted by molar-refractivity contribution is 0.165. The Hall–Kier alpha value is -1.75. The van der Waals surface area contributed by atoms with Gasteiger partial charge in [-0.3, -0.25) is 5.43 Å². The number of hydrogen-bond donors (Lipinski definition) is 2. The largest absolute Gasteiger partial charge is 0.496 e. The van der Waals surface area contributed by atoms with Crippen molar-refractivity contribution >= 4 is 6.09 Å². The van der Waals surface area contributed by atoms with E-state index >= 15 is 0 Å². The highest BCUT2D eigenvalue weighted by Crippen LogP contribution is 2.16. The van der Waals surface area contributed by atoms with Crippen molar-refractivity contribution < 1.29 is 14.3 Å². The molecule has 0 aromatic heterocycles. The summed E-state index contributed by atoms with van der Waals surface area (Å²) in [4.78, 5) is 10.7. The maximum atomic E-state index is 10.7. The number of benzene rings is 1. The molecule has 0 radical (unpaired) electrons. The molecule has 0 aliphatic rings. The smallest absolute Gasteiger partial charge is 0.421 e. The lowest BCUT2D eigenvalue weighted by atomic mass is 10.2. The van der Waals surface area contributed by atoms with Gasteiger partial charge in [0.2, 0.25) is 0 Å². The van der Waals surface area contributed by atoms with E-state index in [1.54, 1.807) is 7.11 Å². The van der Waals surface area contributed by atoms with Crippen LogP contribution in [-0.4, -0.2) is 20.3 Å². The van der Waals surface area contributed by atoms with E-state index in [2.05, 4.69) is 15.6 Å². The molecule has 0 bridgehead atoms. The molecule has 0 unspecified atom stereocenters. The summed E-state index contributed by atoms with van der Waals surface area (Å²) < 4.78 is 9.55. The molecular formula is C10H14N2O3. The first kappa shape index (κ1) is 11.3. The predicted molar refractivity (Wildman–Crippen MR) is 55.4 cm³/mol. The molecule has 15 heavy (non-hydrogen) atoms. The molecule has 0 atom stereocenters. The highest BCUT2D eigenvalue weighted by atomic mass is 16.5. The number of carbonyl (C=O) groups is 1. The van der Waals surface area contributed by atoms with Crippen LogP contribution in [0.1, 0.15) is 5.56 Å². The van der Waals surface area contributed by atoms with Crippen molar-refractivity contribution in [2.24, 2.45) is 0 Å². The standard InChI is InChI=1S/C10H14N2O3/c1-14-9-6-4-3-5-8(9)7-11-12-10(13)15-2/h3-6,11H,7H2,1-2H3,(H,12,13). The van der Waals surface area contributed by atoms with E-state index in [9.17, 15) is 4.79 Å². The number of rotatable bonds is 4. The summed E-state index contributed by atoms with van der Waals surface area (Å²) in [6, 6.07) is 7.55. The van der Waals surface area contributed by atoms with Gasteiger partial charge in [0, 0.05) is 12.1 Å². The summed E-state index contributed by atoms with van der Waals surface area (Å²) in [5.41, 5.74) is 6.04. The van der Waals surface area contributed by atoms with Gasteiger partial charge >= 0.3 is 6.09 Å². The molecular weight excluding hydrogens is 196 g/mol. The molecule has 1 aromatic rings. The van der Waals surface area contributed by atoms with E-state index in [0.29, 0.717) is 6.54 Å². The Kier molecular flexibility index (Phi) is 4.43. The molecule has 0 saturated carbocycles. The van der Waals surface area contributed by atoms with Crippen LogP contribution in [0.3, 0.4) is 0 Å². The number of amides is 1. The number of carbonyl (C=O) groups excluding carboxylic acids is 1. The Morgan fingerprint density at radius 3 is 2.73 bits per heavy atom. The van der Waals surface area contributed by atoms with Crippen LogP contribution in [-0.2, 0) is 11.3 Å². The summed E-state index contributed by atoms with van der Waals surface area (Å²) in [6.07, 6.45) is -0.523. The highest BCUT2D eigenvalue weighted by Gasteiger charge is 2.01. The number of methoxy groups -OCH3 is 2. The summed E-state index contributed by atoms with van der Waals surface area (Å²) in [5.74, 6) is 0.775. The summed E-state index contributed by atoms with van der Waals surface area (Å²) >= 11 is 0. The molecule has 0 spiro atoms. The normalized spacial score (nSPS) is 9.47. The molecule has 0 saturated heterocycles. The molecule has 2 N–H and O–H groups in total. The van der Waals surface area contributed by atoms with E-state index in [-0.39, 0.29) is 0 Å². The maximum Gasteiger partial charge on any atom is 0.421 e. The second-order valence-electron chi connectivity index (χ2n) is 2.78. The van der Waals surface area contributed by atoms with Crippen LogP contribution in [0.4, 0.5) is 4.79 Å². The zero-order valence-electron chi connectivity index (χ0n) is 8.74. The van der Waals surface area contributed by atoms with Crippen LogP contribution in [0.5, 0.6) is 5.75 Å². The van der Waals surface area contributed by atoms with E-state index in [1.165, 1.54) is 7.11 Å². The second kappa shape index (κ2) is 5.87. The Bertz CT molecular complexity index is 328. The van der Waals surface area contributed by atoms with Gasteiger partial charge in [-0.25, -0.2) is 10.2 Å². The minimum absolute atomic E-state index is 0.471. The minimum Gasteiger partial charge on any atom is -0.496 e. The maximum absolute atomic E-state index is 10.7. The summed E-state index contributed by atoms with van der Waals surface area (Å²) in [6.45, 7) is 0.471. The summed E-state index contributed by atoms with van der Waals surface area (Å²) in [5, 5.41) is 0. The monoisotopic (exact) mass is 210 g/mol. The van der Waals surface area contributed by atoms with Crippen LogP contribution in [0.25, 0.3) is 0 Å². The SMILES string of the molecule is COC(=O)NNCc1ccccc1OC. The van der Waals surface area contributed by atoms with Crippen molar-refractivity contribution in [2.45, 2.75) is 6.54 Å². The van der Waals surface area contributed by atoms with Crippen molar-refractivity contribution in [3.63, 3.8) is 0 Å². The van der Waals surface area contributed by atoms with Crippen LogP contribution in [0.2, 0.25) is 0 Å². The molecule has 1 amide bonds. The van der Waals surface area contributed by atoms with Gasteiger partial charge < -0.3 is 9.47 Å². The molecule has 5 heteroatoms. The zero-order valence-corrected chi connectivity index (χ0v) is 8.74. The second-order valence-corrected chi connectivity index (χ2v) is 2.78. The van der Waals surface area contributed by atoms with Crippen LogP contribution in [0.15, 0.2) is 24.3 Å². The molecule has 0 heterocycles. The fraction of sp³-hybridized carbons (Fsp3) is 0.300. The summed E-state index contributed by atoms with van der Waals surface area (Å²) in [7, 11) is 2.91. The van der Waals surface area contributed by atoms with E-state index < -0.39 is 6.09 Å². The Morgan fingerprint density at radius 1 is 1.33 bits per heavy atom. The van der Waals surface area contributed by atoms with E-state index in [0.717, 1.165) is 11.3 Å². The highest BCUT2D eigenvalue weighted by molar-refractivity contribution is 5.66. The fourth-order valence-electron chi connectivity index (χ4n) is 1.11. The van der Waals surface area contributed by atoms with E-state index in [1.807, 2.05) is 24.3 Å². The molecule has 0 aliphatic heterocycles. The lowest BCUT2D eigenvalue weighted by Crippen LogP contribution is -2.36. The average Bonchev–Trinajstić information content (AvgIpc) is 2.29. The molecule has 1 rings (SSSR count). The number of hydrazine groups is 1. The van der Waals surface area contributed by atoms with Gasteiger partial charge in [-0.2, -0.15) is 0 Å². The lowest BCUT2D eigenvalue weighted by Gasteiger charge is -2.09. The Balaban J connectivity index is 2.46. The molecule has 82 valence electrons.